The molecule has 0 aliphatic heterocycles. The topological polar surface area (TPSA) is 72.8 Å². The summed E-state index contributed by atoms with van der Waals surface area (Å²) in [7, 11) is 0. The molecule has 0 aromatic carbocycles. The van der Waals surface area contributed by atoms with Crippen LogP contribution in [0.5, 0.6) is 0 Å². The average molecular weight is 1140 g/mol. The number of aliphatic hydroxyl groups is 1. The Labute approximate surface area is 510 Å². The van der Waals surface area contributed by atoms with Gasteiger partial charge in [0.05, 0.1) is 6.61 Å². The number of carbonyl (C=O) groups is 2. The molecule has 1 N–H and O–H groups in total. The van der Waals surface area contributed by atoms with Crippen LogP contribution in [0.25, 0.3) is 0 Å². The number of rotatable bonds is 66. The van der Waals surface area contributed by atoms with Crippen molar-refractivity contribution in [1.29, 1.82) is 0 Å². The quantitative estimate of drug-likeness (QED) is 0.0373. The summed E-state index contributed by atoms with van der Waals surface area (Å²) < 4.78 is 10.8. The highest BCUT2D eigenvalue weighted by Crippen LogP contribution is 2.18. The predicted octanol–water partition coefficient (Wildman–Crippen LogP) is 25.0. The molecule has 82 heavy (non-hydrogen) atoms. The van der Waals surface area contributed by atoms with Gasteiger partial charge in [0.1, 0.15) is 6.61 Å². The van der Waals surface area contributed by atoms with E-state index < -0.39 is 6.10 Å². The van der Waals surface area contributed by atoms with Gasteiger partial charge in [0.2, 0.25) is 0 Å². The van der Waals surface area contributed by atoms with E-state index in [1.165, 1.54) is 250 Å². The van der Waals surface area contributed by atoms with Crippen LogP contribution in [0.1, 0.15) is 361 Å². The van der Waals surface area contributed by atoms with E-state index in [1.54, 1.807) is 0 Å². The maximum absolute atomic E-state index is 12.4. The van der Waals surface area contributed by atoms with Crippen molar-refractivity contribution < 1.29 is 24.2 Å². The second-order valence-electron chi connectivity index (χ2n) is 23.9. The molecular weight excluding hydrogens is 1000 g/mol. The molecule has 0 fully saturated rings. The molecular formula is C77H136O5. The summed E-state index contributed by atoms with van der Waals surface area (Å²) in [4.78, 5) is 24.7. The van der Waals surface area contributed by atoms with Crippen LogP contribution in [0.4, 0.5) is 0 Å². The molecule has 0 saturated carbocycles. The maximum atomic E-state index is 12.4. The fraction of sp³-hybridized carbons (Fsp3) is 0.766. The number of hydrogen-bond acceptors (Lipinski definition) is 5. The number of hydrogen-bond donors (Lipinski definition) is 1. The van der Waals surface area contributed by atoms with Crippen molar-refractivity contribution in [3.05, 3.63) is 97.2 Å². The lowest BCUT2D eigenvalue weighted by Crippen LogP contribution is -2.28. The number of allylic oxidation sites excluding steroid dienone is 16. The van der Waals surface area contributed by atoms with Gasteiger partial charge in [-0.3, -0.25) is 9.59 Å². The van der Waals surface area contributed by atoms with Gasteiger partial charge >= 0.3 is 11.9 Å². The fourth-order valence-electron chi connectivity index (χ4n) is 10.5. The smallest absolute Gasteiger partial charge is 0.306 e. The van der Waals surface area contributed by atoms with Gasteiger partial charge in [-0.25, -0.2) is 0 Å². The molecule has 0 rings (SSSR count). The molecule has 0 aliphatic rings. The minimum absolute atomic E-state index is 0.0643. The zero-order chi connectivity index (χ0) is 59.1. The Kier molecular flexibility index (Phi) is 69.3. The lowest BCUT2D eigenvalue weighted by molar-refractivity contribution is -0.161. The standard InChI is InChI=1S/C77H136O5/c1-3-5-7-9-11-13-15-17-19-21-23-25-27-29-31-33-35-36-37-38-39-40-42-44-46-48-50-52-54-56-58-60-62-64-66-68-70-72-77(80)82-75(73-78)74-81-76(79)71-69-67-65-63-61-59-57-55-53-51-49-47-45-43-41-34-32-30-28-26-24-22-20-18-16-14-12-10-8-6-4-2/h5,7,11,13,16-19,22-25,28-31,75,78H,3-4,6,8-10,12,14-15,20-21,26-27,32-74H2,1-2H3/b7-5-,13-11-,18-16-,19-17-,24-22-,25-23-,30-28-,31-29-. The van der Waals surface area contributed by atoms with Crippen molar-refractivity contribution in [2.45, 2.75) is 367 Å². The molecule has 5 heteroatoms. The molecule has 1 unspecified atom stereocenters. The molecule has 0 heterocycles. The molecule has 0 radical (unpaired) electrons. The molecule has 0 bridgehead atoms. The zero-order valence-corrected chi connectivity index (χ0v) is 54.5. The first-order valence-electron chi connectivity index (χ1n) is 35.8. The van der Waals surface area contributed by atoms with Gasteiger partial charge in [-0.05, 0) is 96.3 Å². The van der Waals surface area contributed by atoms with Crippen LogP contribution < -0.4 is 0 Å². The highest BCUT2D eigenvalue weighted by Gasteiger charge is 2.16. The first-order chi connectivity index (χ1) is 40.6. The van der Waals surface area contributed by atoms with Crippen molar-refractivity contribution in [2.75, 3.05) is 13.2 Å². The van der Waals surface area contributed by atoms with Crippen LogP contribution in [-0.2, 0) is 19.1 Å². The van der Waals surface area contributed by atoms with Gasteiger partial charge in [-0.1, -0.05) is 349 Å². The van der Waals surface area contributed by atoms with E-state index in [9.17, 15) is 14.7 Å². The van der Waals surface area contributed by atoms with E-state index in [1.807, 2.05) is 0 Å². The van der Waals surface area contributed by atoms with Gasteiger partial charge in [0.15, 0.2) is 6.10 Å². The second-order valence-corrected chi connectivity index (χ2v) is 23.9. The summed E-state index contributed by atoms with van der Waals surface area (Å²) in [5.41, 5.74) is 0. The molecule has 0 aromatic rings. The van der Waals surface area contributed by atoms with E-state index in [0.717, 1.165) is 83.5 Å². The molecule has 474 valence electrons. The van der Waals surface area contributed by atoms with Crippen molar-refractivity contribution in [3.8, 4) is 0 Å². The van der Waals surface area contributed by atoms with Gasteiger partial charge in [-0.2, -0.15) is 0 Å². The normalized spacial score (nSPS) is 12.8. The Balaban J connectivity index is 3.43. The Morgan fingerprint density at radius 2 is 0.524 bits per heavy atom. The number of unbranched alkanes of at least 4 members (excludes halogenated alkanes) is 42. The largest absolute Gasteiger partial charge is 0.462 e. The molecule has 0 saturated heterocycles. The Hall–Kier alpha value is -3.18. The molecule has 0 aromatic heterocycles. The summed E-state index contributed by atoms with van der Waals surface area (Å²) in [6.45, 7) is 4.06. The van der Waals surface area contributed by atoms with Gasteiger partial charge in [0.25, 0.3) is 0 Å². The number of carbonyl (C=O) groups excluding carboxylic acids is 2. The van der Waals surface area contributed by atoms with E-state index in [-0.39, 0.29) is 25.2 Å². The molecule has 0 amide bonds. The van der Waals surface area contributed by atoms with Crippen LogP contribution in [0.2, 0.25) is 0 Å². The first-order valence-corrected chi connectivity index (χ1v) is 35.8. The molecule has 1 atom stereocenters. The molecule has 5 nitrogen and oxygen atoms in total. The first kappa shape index (κ1) is 78.8. The van der Waals surface area contributed by atoms with E-state index >= 15 is 0 Å². The van der Waals surface area contributed by atoms with E-state index in [4.69, 9.17) is 9.47 Å². The SMILES string of the molecule is CC/C=C\C/C=C\C/C=C\C/C=C\C/C=C\CCCCCCCCCCCCCCCCCCCCCCCC(=O)OC(CO)COC(=O)CCCCCCCCCCCCCCCCCC/C=C\C/C=C\C/C=C\CCCCCCC. The van der Waals surface area contributed by atoms with Crippen LogP contribution in [-0.4, -0.2) is 36.4 Å². The van der Waals surface area contributed by atoms with E-state index in [0.29, 0.717) is 12.8 Å². The van der Waals surface area contributed by atoms with Crippen molar-refractivity contribution in [1.82, 2.24) is 0 Å². The van der Waals surface area contributed by atoms with Crippen molar-refractivity contribution in [3.63, 3.8) is 0 Å². The minimum Gasteiger partial charge on any atom is -0.462 e. The third-order valence-electron chi connectivity index (χ3n) is 15.9. The highest BCUT2D eigenvalue weighted by atomic mass is 16.6. The lowest BCUT2D eigenvalue weighted by atomic mass is 10.0. The monoisotopic (exact) mass is 1140 g/mol. The van der Waals surface area contributed by atoms with Crippen molar-refractivity contribution in [2.24, 2.45) is 0 Å². The number of esters is 2. The number of aliphatic hydroxyl groups excluding tert-OH is 1. The maximum Gasteiger partial charge on any atom is 0.306 e. The number of ether oxygens (including phenoxy) is 2. The van der Waals surface area contributed by atoms with Crippen LogP contribution >= 0.6 is 0 Å². The van der Waals surface area contributed by atoms with Gasteiger partial charge in [0, 0.05) is 12.8 Å². The predicted molar refractivity (Wildman–Crippen MR) is 362 cm³/mol. The Morgan fingerprint density at radius 1 is 0.293 bits per heavy atom. The third kappa shape index (κ3) is 69.3. The molecule has 0 aliphatic carbocycles. The van der Waals surface area contributed by atoms with Crippen LogP contribution in [0, 0.1) is 0 Å². The van der Waals surface area contributed by atoms with Crippen LogP contribution in [0.3, 0.4) is 0 Å². The summed E-state index contributed by atoms with van der Waals surface area (Å²) in [6, 6.07) is 0. The average Bonchev–Trinajstić information content (AvgIpc) is 3.49. The highest BCUT2D eigenvalue weighted by molar-refractivity contribution is 5.70. The molecule has 0 spiro atoms. The Morgan fingerprint density at radius 3 is 0.793 bits per heavy atom. The Bertz CT molecular complexity index is 1530. The summed E-state index contributed by atoms with van der Waals surface area (Å²) in [6.07, 6.45) is 103. The van der Waals surface area contributed by atoms with Gasteiger partial charge < -0.3 is 14.6 Å². The second kappa shape index (κ2) is 72.1. The van der Waals surface area contributed by atoms with Crippen LogP contribution in [0.15, 0.2) is 97.2 Å². The summed E-state index contributed by atoms with van der Waals surface area (Å²) >= 11 is 0. The zero-order valence-electron chi connectivity index (χ0n) is 54.5. The minimum atomic E-state index is -0.775. The summed E-state index contributed by atoms with van der Waals surface area (Å²) in [5, 5.41) is 9.71. The third-order valence-corrected chi connectivity index (χ3v) is 15.9. The fourth-order valence-corrected chi connectivity index (χ4v) is 10.5. The summed E-state index contributed by atoms with van der Waals surface area (Å²) in [5.74, 6) is -0.575. The van der Waals surface area contributed by atoms with Gasteiger partial charge in [-0.15, -0.1) is 0 Å². The van der Waals surface area contributed by atoms with Crippen molar-refractivity contribution >= 4 is 11.9 Å². The lowest BCUT2D eigenvalue weighted by Gasteiger charge is -2.15. The van der Waals surface area contributed by atoms with E-state index in [2.05, 4.69) is 111 Å².